The SMILES string of the molecule is C=C.C=C.NN1CCNCC1. The number of hydrazine groups is 1. The molecule has 0 spiro atoms. The van der Waals surface area contributed by atoms with Gasteiger partial charge in [-0.3, -0.25) is 5.84 Å². The normalized spacial score (nSPS) is 16.8. The molecule has 0 aromatic carbocycles. The largest absolute Gasteiger partial charge is 0.314 e. The highest BCUT2D eigenvalue weighted by Crippen LogP contribution is 1.79. The van der Waals surface area contributed by atoms with Crippen LogP contribution in [0, 0.1) is 0 Å². The van der Waals surface area contributed by atoms with Crippen LogP contribution in [-0.2, 0) is 0 Å². The van der Waals surface area contributed by atoms with Gasteiger partial charge in [-0.15, -0.1) is 26.3 Å². The van der Waals surface area contributed by atoms with Gasteiger partial charge in [0, 0.05) is 26.2 Å². The van der Waals surface area contributed by atoms with Crippen molar-refractivity contribution in [3.8, 4) is 0 Å². The molecule has 0 aromatic rings. The standard InChI is InChI=1S/C4H11N3.2C2H4/c5-7-3-1-6-2-4-7;2*1-2/h6H,1-5H2;2*1-2H2. The maximum atomic E-state index is 5.43. The molecule has 1 saturated heterocycles. The summed E-state index contributed by atoms with van der Waals surface area (Å²) in [6, 6.07) is 0. The fraction of sp³-hybridized carbons (Fsp3) is 0.500. The molecule has 1 rings (SSSR count). The third-order valence-electron chi connectivity index (χ3n) is 1.15. The van der Waals surface area contributed by atoms with E-state index in [0.29, 0.717) is 0 Å². The van der Waals surface area contributed by atoms with Crippen molar-refractivity contribution in [2.24, 2.45) is 5.84 Å². The Hall–Kier alpha value is -0.640. The zero-order valence-corrected chi connectivity index (χ0v) is 7.18. The van der Waals surface area contributed by atoms with Crippen LogP contribution in [0.4, 0.5) is 0 Å². The number of nitrogens with one attached hydrogen (secondary N) is 1. The van der Waals surface area contributed by atoms with Crippen molar-refractivity contribution in [1.29, 1.82) is 0 Å². The Labute approximate surface area is 69.5 Å². The maximum Gasteiger partial charge on any atom is 0.0254 e. The van der Waals surface area contributed by atoms with Gasteiger partial charge in [0.05, 0.1) is 0 Å². The van der Waals surface area contributed by atoms with Crippen LogP contribution < -0.4 is 11.2 Å². The Morgan fingerprint density at radius 1 is 1.00 bits per heavy atom. The van der Waals surface area contributed by atoms with Crippen LogP contribution in [0.3, 0.4) is 0 Å². The topological polar surface area (TPSA) is 41.3 Å². The van der Waals surface area contributed by atoms with Gasteiger partial charge in [0.1, 0.15) is 0 Å². The summed E-state index contributed by atoms with van der Waals surface area (Å²) in [5, 5.41) is 5.02. The van der Waals surface area contributed by atoms with Crippen molar-refractivity contribution in [2.45, 2.75) is 0 Å². The zero-order chi connectivity index (χ0) is 9.11. The minimum absolute atomic E-state index is 0.986. The number of hydrogen-bond donors (Lipinski definition) is 2. The van der Waals surface area contributed by atoms with Crippen molar-refractivity contribution < 1.29 is 0 Å². The van der Waals surface area contributed by atoms with Gasteiger partial charge in [0.15, 0.2) is 0 Å². The molecule has 1 aliphatic heterocycles. The van der Waals surface area contributed by atoms with E-state index in [2.05, 4.69) is 31.6 Å². The maximum absolute atomic E-state index is 5.43. The van der Waals surface area contributed by atoms with Gasteiger partial charge in [0.2, 0.25) is 0 Å². The van der Waals surface area contributed by atoms with Gasteiger partial charge < -0.3 is 5.32 Å². The Bertz CT molecular complexity index is 67.7. The molecule has 1 aliphatic rings. The first kappa shape index (κ1) is 13.0. The minimum Gasteiger partial charge on any atom is -0.314 e. The summed E-state index contributed by atoms with van der Waals surface area (Å²) in [5.74, 6) is 5.43. The lowest BCUT2D eigenvalue weighted by atomic mass is 10.4. The molecule has 1 heterocycles. The van der Waals surface area contributed by atoms with E-state index in [-0.39, 0.29) is 0 Å². The van der Waals surface area contributed by atoms with Gasteiger partial charge >= 0.3 is 0 Å². The molecule has 0 amide bonds. The molecule has 11 heavy (non-hydrogen) atoms. The quantitative estimate of drug-likeness (QED) is 0.394. The third kappa shape index (κ3) is 9.36. The Balaban J connectivity index is 0. The van der Waals surface area contributed by atoms with Crippen LogP contribution in [0.5, 0.6) is 0 Å². The highest BCUT2D eigenvalue weighted by Gasteiger charge is 2.01. The molecular formula is C8H19N3. The van der Waals surface area contributed by atoms with E-state index in [1.54, 1.807) is 0 Å². The second kappa shape index (κ2) is 12.1. The average Bonchev–Trinajstić information content (AvgIpc) is 2.13. The summed E-state index contributed by atoms with van der Waals surface area (Å²) in [5.41, 5.74) is 0. The monoisotopic (exact) mass is 157 g/mol. The van der Waals surface area contributed by atoms with Crippen molar-refractivity contribution in [3.63, 3.8) is 0 Å². The molecule has 3 heteroatoms. The van der Waals surface area contributed by atoms with Crippen LogP contribution in [0.25, 0.3) is 0 Å². The number of nitrogens with zero attached hydrogens (tertiary/aromatic N) is 1. The molecule has 1 fully saturated rings. The molecule has 0 radical (unpaired) electrons. The summed E-state index contributed by atoms with van der Waals surface area (Å²) < 4.78 is 0. The number of rotatable bonds is 0. The lowest BCUT2D eigenvalue weighted by Crippen LogP contribution is -2.47. The Morgan fingerprint density at radius 2 is 1.36 bits per heavy atom. The van der Waals surface area contributed by atoms with E-state index in [0.717, 1.165) is 26.2 Å². The van der Waals surface area contributed by atoms with Crippen LogP contribution in [0.2, 0.25) is 0 Å². The minimum atomic E-state index is 0.986. The second-order valence-corrected chi connectivity index (χ2v) is 1.79. The van der Waals surface area contributed by atoms with Gasteiger partial charge in [-0.05, 0) is 0 Å². The van der Waals surface area contributed by atoms with Gasteiger partial charge in [0.25, 0.3) is 0 Å². The predicted octanol–water partition coefficient (Wildman–Crippen LogP) is 0.370. The second-order valence-electron chi connectivity index (χ2n) is 1.79. The molecule has 0 saturated carbocycles. The van der Waals surface area contributed by atoms with Crippen LogP contribution in [0.15, 0.2) is 26.3 Å². The third-order valence-corrected chi connectivity index (χ3v) is 1.15. The first-order valence-electron chi connectivity index (χ1n) is 3.60. The Morgan fingerprint density at radius 3 is 1.55 bits per heavy atom. The Kier molecular flexibility index (Phi) is 14.3. The van der Waals surface area contributed by atoms with Crippen molar-refractivity contribution >= 4 is 0 Å². The number of hydrogen-bond acceptors (Lipinski definition) is 3. The lowest BCUT2D eigenvalue weighted by Gasteiger charge is -2.21. The summed E-state index contributed by atoms with van der Waals surface area (Å²) in [4.78, 5) is 0. The first-order chi connectivity index (χ1) is 5.39. The van der Waals surface area contributed by atoms with Crippen molar-refractivity contribution in [3.05, 3.63) is 26.3 Å². The van der Waals surface area contributed by atoms with Gasteiger partial charge in [-0.2, -0.15) is 0 Å². The van der Waals surface area contributed by atoms with Gasteiger partial charge in [-0.1, -0.05) is 0 Å². The molecule has 3 nitrogen and oxygen atoms in total. The fourth-order valence-corrected chi connectivity index (χ4v) is 0.682. The van der Waals surface area contributed by atoms with Crippen molar-refractivity contribution in [1.82, 2.24) is 10.3 Å². The summed E-state index contributed by atoms with van der Waals surface area (Å²) in [6.45, 7) is 16.0. The highest BCUT2D eigenvalue weighted by molar-refractivity contribution is 4.60. The molecule has 66 valence electrons. The predicted molar refractivity (Wildman–Crippen MR) is 51.1 cm³/mol. The molecule has 0 aliphatic carbocycles. The first-order valence-corrected chi connectivity index (χ1v) is 3.60. The van der Waals surface area contributed by atoms with Crippen LogP contribution in [0.1, 0.15) is 0 Å². The fourth-order valence-electron chi connectivity index (χ4n) is 0.682. The average molecular weight is 157 g/mol. The molecule has 0 bridgehead atoms. The number of piperazine rings is 1. The van der Waals surface area contributed by atoms with Crippen LogP contribution >= 0.6 is 0 Å². The number of nitrogens with two attached hydrogens (primary N) is 1. The molecule has 0 aromatic heterocycles. The summed E-state index contributed by atoms with van der Waals surface area (Å²) in [6.07, 6.45) is 0. The van der Waals surface area contributed by atoms with E-state index in [1.807, 2.05) is 5.01 Å². The summed E-state index contributed by atoms with van der Waals surface area (Å²) >= 11 is 0. The van der Waals surface area contributed by atoms with E-state index in [4.69, 9.17) is 5.84 Å². The zero-order valence-electron chi connectivity index (χ0n) is 7.18. The van der Waals surface area contributed by atoms with Gasteiger partial charge in [-0.25, -0.2) is 5.01 Å². The molecular weight excluding hydrogens is 138 g/mol. The molecule has 0 atom stereocenters. The van der Waals surface area contributed by atoms with Crippen LogP contribution in [-0.4, -0.2) is 31.2 Å². The summed E-state index contributed by atoms with van der Waals surface area (Å²) in [7, 11) is 0. The lowest BCUT2D eigenvalue weighted by molar-refractivity contribution is 0.248. The van der Waals surface area contributed by atoms with E-state index in [1.165, 1.54) is 0 Å². The van der Waals surface area contributed by atoms with E-state index < -0.39 is 0 Å². The van der Waals surface area contributed by atoms with E-state index in [9.17, 15) is 0 Å². The smallest absolute Gasteiger partial charge is 0.0254 e. The highest BCUT2D eigenvalue weighted by atomic mass is 15.4. The van der Waals surface area contributed by atoms with E-state index >= 15 is 0 Å². The molecule has 3 N–H and O–H groups in total. The van der Waals surface area contributed by atoms with Crippen molar-refractivity contribution in [2.75, 3.05) is 26.2 Å². The molecule has 0 unspecified atom stereocenters.